The van der Waals surface area contributed by atoms with Crippen LogP contribution in [-0.2, 0) is 4.79 Å². The summed E-state index contributed by atoms with van der Waals surface area (Å²) in [6, 6.07) is 0.296. The monoisotopic (exact) mass is 480 g/mol. The van der Waals surface area contributed by atoms with Crippen LogP contribution in [0.4, 0.5) is 17.8 Å². The van der Waals surface area contributed by atoms with E-state index in [0.29, 0.717) is 23.9 Å². The molecule has 33 heavy (non-hydrogen) atoms. The molecular formula is C23H41ClN8O. The second-order valence-electron chi connectivity index (χ2n) is 9.77. The average molecular weight is 481 g/mol. The molecule has 2 saturated carbocycles. The van der Waals surface area contributed by atoms with E-state index in [-0.39, 0.29) is 24.2 Å². The minimum absolute atomic E-state index is 0. The third-order valence-electron chi connectivity index (χ3n) is 7.35. The Labute approximate surface area is 204 Å². The van der Waals surface area contributed by atoms with Crippen molar-refractivity contribution in [3.05, 3.63) is 0 Å². The number of aromatic nitrogens is 3. The Kier molecular flexibility index (Phi) is 9.79. The molecule has 186 valence electrons. The molecule has 0 atom stereocenters. The summed E-state index contributed by atoms with van der Waals surface area (Å²) in [7, 11) is 3.98. The Morgan fingerprint density at radius 3 is 2.24 bits per heavy atom. The molecule has 3 N–H and O–H groups in total. The molecule has 3 fully saturated rings. The molecule has 3 aliphatic rings. The molecule has 0 spiro atoms. The van der Waals surface area contributed by atoms with Crippen molar-refractivity contribution in [2.75, 3.05) is 62.4 Å². The number of hydrogen-bond acceptors (Lipinski definition) is 8. The first kappa shape index (κ1) is 25.7. The van der Waals surface area contributed by atoms with Crippen LogP contribution in [0.25, 0.3) is 0 Å². The van der Waals surface area contributed by atoms with Crippen LogP contribution >= 0.6 is 12.4 Å². The van der Waals surface area contributed by atoms with Crippen LogP contribution in [0.1, 0.15) is 57.8 Å². The van der Waals surface area contributed by atoms with Crippen LogP contribution in [0.3, 0.4) is 0 Å². The molecule has 2 aliphatic carbocycles. The van der Waals surface area contributed by atoms with Gasteiger partial charge in [0.15, 0.2) is 0 Å². The third-order valence-corrected chi connectivity index (χ3v) is 7.35. The van der Waals surface area contributed by atoms with Gasteiger partial charge in [-0.3, -0.25) is 4.79 Å². The lowest BCUT2D eigenvalue weighted by molar-refractivity contribution is -0.126. The molecule has 0 radical (unpaired) electrons. The Morgan fingerprint density at radius 1 is 0.909 bits per heavy atom. The second kappa shape index (κ2) is 12.6. The topological polar surface area (TPSA) is 98.3 Å². The maximum Gasteiger partial charge on any atom is 0.232 e. The predicted octanol–water partition coefficient (Wildman–Crippen LogP) is 2.75. The van der Waals surface area contributed by atoms with E-state index < -0.39 is 0 Å². The van der Waals surface area contributed by atoms with E-state index in [1.807, 2.05) is 7.05 Å². The first-order valence-electron chi connectivity index (χ1n) is 12.5. The number of piperazine rings is 1. The molecule has 1 saturated heterocycles. The number of nitrogens with zero attached hydrogens (tertiary/aromatic N) is 5. The van der Waals surface area contributed by atoms with E-state index in [9.17, 15) is 4.79 Å². The van der Waals surface area contributed by atoms with Crippen LogP contribution < -0.4 is 20.9 Å². The second-order valence-corrected chi connectivity index (χ2v) is 9.77. The van der Waals surface area contributed by atoms with E-state index in [0.717, 1.165) is 64.4 Å². The Balaban J connectivity index is 0.00000306. The van der Waals surface area contributed by atoms with Crippen LogP contribution in [0, 0.1) is 11.8 Å². The summed E-state index contributed by atoms with van der Waals surface area (Å²) < 4.78 is 0. The summed E-state index contributed by atoms with van der Waals surface area (Å²) in [6.45, 7) is 4.73. The number of nitrogens with one attached hydrogen (secondary N) is 3. The maximum absolute atomic E-state index is 12.7. The summed E-state index contributed by atoms with van der Waals surface area (Å²) >= 11 is 0. The highest BCUT2D eigenvalue weighted by atomic mass is 35.5. The molecular weight excluding hydrogens is 440 g/mol. The van der Waals surface area contributed by atoms with Gasteiger partial charge in [-0.15, -0.1) is 12.4 Å². The number of hydrogen-bond donors (Lipinski definition) is 3. The molecule has 4 rings (SSSR count). The third kappa shape index (κ3) is 7.30. The zero-order chi connectivity index (χ0) is 22.3. The van der Waals surface area contributed by atoms with Crippen molar-refractivity contribution in [2.45, 2.75) is 63.8 Å². The van der Waals surface area contributed by atoms with Crippen LogP contribution in [-0.4, -0.2) is 78.6 Å². The lowest BCUT2D eigenvalue weighted by Crippen LogP contribution is -2.45. The number of rotatable bonds is 7. The fourth-order valence-corrected chi connectivity index (χ4v) is 5.15. The van der Waals surface area contributed by atoms with Gasteiger partial charge in [0.2, 0.25) is 23.8 Å². The number of halogens is 1. The largest absolute Gasteiger partial charge is 0.357 e. The fraction of sp³-hybridized carbons (Fsp3) is 0.826. The maximum atomic E-state index is 12.7. The van der Waals surface area contributed by atoms with E-state index in [2.05, 4.69) is 42.8 Å². The van der Waals surface area contributed by atoms with Crippen LogP contribution in [0.2, 0.25) is 0 Å². The summed E-state index contributed by atoms with van der Waals surface area (Å²) in [4.78, 5) is 31.0. The van der Waals surface area contributed by atoms with Crippen molar-refractivity contribution in [3.8, 4) is 0 Å². The summed E-state index contributed by atoms with van der Waals surface area (Å²) in [6.07, 6.45) is 10.3. The van der Waals surface area contributed by atoms with Gasteiger partial charge in [0.05, 0.1) is 0 Å². The Hall–Kier alpha value is -1.87. The summed E-state index contributed by atoms with van der Waals surface area (Å²) in [5.41, 5.74) is 0. The van der Waals surface area contributed by atoms with E-state index in [4.69, 9.17) is 4.98 Å². The minimum Gasteiger partial charge on any atom is -0.357 e. The minimum atomic E-state index is 0. The van der Waals surface area contributed by atoms with Gasteiger partial charge in [-0.2, -0.15) is 15.0 Å². The molecule has 2 heterocycles. The first-order valence-corrected chi connectivity index (χ1v) is 12.5. The Bertz CT molecular complexity index is 744. The van der Waals surface area contributed by atoms with Gasteiger partial charge in [0.1, 0.15) is 0 Å². The lowest BCUT2D eigenvalue weighted by Gasteiger charge is -2.33. The van der Waals surface area contributed by atoms with Crippen molar-refractivity contribution in [2.24, 2.45) is 11.8 Å². The smallest absolute Gasteiger partial charge is 0.232 e. The van der Waals surface area contributed by atoms with Gasteiger partial charge in [-0.1, -0.05) is 19.3 Å². The number of carbonyl (C=O) groups excluding carboxylic acids is 1. The van der Waals surface area contributed by atoms with Gasteiger partial charge in [-0.05, 0) is 51.5 Å². The Morgan fingerprint density at radius 2 is 1.58 bits per heavy atom. The standard InChI is InChI=1S/C23H40N8O.ClH/c1-24-21-27-22(29-23(28-21)31-14-12-30(2)13-15-31)26-19-10-8-18(9-11-19)20(32)25-16-17-6-4-3-5-7-17;/h17-19H,3-16H2,1-2H3,(H,25,32)(H2,24,26,27,28,29);1H/t18-,19+;. The van der Waals surface area contributed by atoms with Crippen molar-refractivity contribution in [1.29, 1.82) is 0 Å². The van der Waals surface area contributed by atoms with Gasteiger partial charge >= 0.3 is 0 Å². The number of carbonyl (C=O) groups is 1. The highest BCUT2D eigenvalue weighted by Crippen LogP contribution is 2.28. The van der Waals surface area contributed by atoms with E-state index in [1.54, 1.807) is 0 Å². The molecule has 10 heteroatoms. The zero-order valence-electron chi connectivity index (χ0n) is 20.2. The molecule has 0 aromatic carbocycles. The fourth-order valence-electron chi connectivity index (χ4n) is 5.15. The number of likely N-dealkylation sites (N-methyl/N-ethyl adjacent to an activating group) is 1. The molecule has 0 unspecified atom stereocenters. The van der Waals surface area contributed by atoms with Crippen molar-refractivity contribution in [3.63, 3.8) is 0 Å². The van der Waals surface area contributed by atoms with E-state index >= 15 is 0 Å². The first-order chi connectivity index (χ1) is 15.6. The quantitative estimate of drug-likeness (QED) is 0.548. The van der Waals surface area contributed by atoms with Gasteiger partial charge in [0, 0.05) is 51.7 Å². The highest BCUT2D eigenvalue weighted by molar-refractivity contribution is 5.85. The summed E-state index contributed by atoms with van der Waals surface area (Å²) in [5, 5.41) is 9.82. The molecule has 0 bridgehead atoms. The van der Waals surface area contributed by atoms with Crippen LogP contribution in [0.15, 0.2) is 0 Å². The predicted molar refractivity (Wildman–Crippen MR) is 135 cm³/mol. The SMILES string of the molecule is CNc1nc(N[C@H]2CC[C@@H](C(=O)NCC3CCCCC3)CC2)nc(N2CCN(C)CC2)n1.Cl. The highest BCUT2D eigenvalue weighted by Gasteiger charge is 2.28. The normalized spacial score (nSPS) is 24.6. The number of amides is 1. The van der Waals surface area contributed by atoms with Crippen molar-refractivity contribution < 1.29 is 4.79 Å². The average Bonchev–Trinajstić information content (AvgIpc) is 2.84. The van der Waals surface area contributed by atoms with Crippen molar-refractivity contribution in [1.82, 2.24) is 25.2 Å². The zero-order valence-corrected chi connectivity index (χ0v) is 21.0. The molecule has 1 aromatic rings. The molecule has 1 amide bonds. The molecule has 1 aromatic heterocycles. The summed E-state index contributed by atoms with van der Waals surface area (Å²) in [5.74, 6) is 3.03. The molecule has 1 aliphatic heterocycles. The van der Waals surface area contributed by atoms with Gasteiger partial charge in [0.25, 0.3) is 0 Å². The molecule has 9 nitrogen and oxygen atoms in total. The number of anilines is 3. The van der Waals surface area contributed by atoms with Crippen LogP contribution in [0.5, 0.6) is 0 Å². The lowest BCUT2D eigenvalue weighted by atomic mass is 9.85. The van der Waals surface area contributed by atoms with Crippen molar-refractivity contribution >= 4 is 36.2 Å². The van der Waals surface area contributed by atoms with Gasteiger partial charge in [-0.25, -0.2) is 0 Å². The van der Waals surface area contributed by atoms with Gasteiger partial charge < -0.3 is 25.8 Å². The van der Waals surface area contributed by atoms with E-state index in [1.165, 1.54) is 32.1 Å².